The SMILES string of the molecule is CCNC1CCc2c(SC)ccc(OC)c2C1. The van der Waals surface area contributed by atoms with E-state index in [9.17, 15) is 0 Å². The van der Waals surface area contributed by atoms with Crippen molar-refractivity contribution in [1.82, 2.24) is 5.32 Å². The van der Waals surface area contributed by atoms with Gasteiger partial charge in [0.15, 0.2) is 0 Å². The first-order valence-electron chi connectivity index (χ1n) is 6.26. The van der Waals surface area contributed by atoms with Crippen LogP contribution in [0.4, 0.5) is 0 Å². The van der Waals surface area contributed by atoms with Crippen LogP contribution in [0.5, 0.6) is 5.75 Å². The number of methoxy groups -OCH3 is 1. The second kappa shape index (κ2) is 5.78. The zero-order valence-electron chi connectivity index (χ0n) is 10.9. The number of likely N-dealkylation sites (N-methyl/N-ethyl adjacent to an activating group) is 1. The van der Waals surface area contributed by atoms with Crippen molar-refractivity contribution in [2.75, 3.05) is 19.9 Å². The van der Waals surface area contributed by atoms with Gasteiger partial charge in [0.05, 0.1) is 7.11 Å². The summed E-state index contributed by atoms with van der Waals surface area (Å²) in [7, 11) is 1.77. The number of ether oxygens (including phenoxy) is 1. The third kappa shape index (κ3) is 2.61. The number of fused-ring (bicyclic) bond motifs is 1. The van der Waals surface area contributed by atoms with Gasteiger partial charge in [-0.25, -0.2) is 0 Å². The number of hydrogen-bond donors (Lipinski definition) is 1. The molecule has 0 radical (unpaired) electrons. The Labute approximate surface area is 108 Å². The van der Waals surface area contributed by atoms with Gasteiger partial charge in [-0.15, -0.1) is 11.8 Å². The largest absolute Gasteiger partial charge is 0.496 e. The molecular weight excluding hydrogens is 230 g/mol. The summed E-state index contributed by atoms with van der Waals surface area (Å²) in [5.41, 5.74) is 2.92. The van der Waals surface area contributed by atoms with Gasteiger partial charge >= 0.3 is 0 Å². The van der Waals surface area contributed by atoms with Crippen molar-refractivity contribution in [2.45, 2.75) is 37.1 Å². The smallest absolute Gasteiger partial charge is 0.122 e. The highest BCUT2D eigenvalue weighted by molar-refractivity contribution is 7.98. The van der Waals surface area contributed by atoms with Gasteiger partial charge in [-0.1, -0.05) is 6.92 Å². The molecule has 1 N–H and O–H groups in total. The molecule has 0 fully saturated rings. The van der Waals surface area contributed by atoms with Crippen molar-refractivity contribution >= 4 is 11.8 Å². The van der Waals surface area contributed by atoms with Crippen molar-refractivity contribution in [3.63, 3.8) is 0 Å². The monoisotopic (exact) mass is 251 g/mol. The number of nitrogens with one attached hydrogen (secondary N) is 1. The van der Waals surface area contributed by atoms with Crippen molar-refractivity contribution in [1.29, 1.82) is 0 Å². The molecule has 0 heterocycles. The van der Waals surface area contributed by atoms with E-state index in [-0.39, 0.29) is 0 Å². The van der Waals surface area contributed by atoms with E-state index in [4.69, 9.17) is 4.74 Å². The fourth-order valence-electron chi connectivity index (χ4n) is 2.66. The number of rotatable bonds is 4. The molecule has 0 saturated heterocycles. The van der Waals surface area contributed by atoms with Crippen LogP contribution in [-0.2, 0) is 12.8 Å². The first-order valence-corrected chi connectivity index (χ1v) is 7.48. The second-order valence-electron chi connectivity index (χ2n) is 4.42. The van der Waals surface area contributed by atoms with Crippen LogP contribution in [-0.4, -0.2) is 26.0 Å². The van der Waals surface area contributed by atoms with Gasteiger partial charge in [0, 0.05) is 10.9 Å². The molecular formula is C14H21NOS. The minimum atomic E-state index is 0.610. The Balaban J connectivity index is 2.33. The van der Waals surface area contributed by atoms with E-state index in [1.54, 1.807) is 7.11 Å². The molecule has 1 aromatic rings. The van der Waals surface area contributed by atoms with Crippen LogP contribution < -0.4 is 10.1 Å². The third-order valence-corrected chi connectivity index (χ3v) is 4.29. The predicted octanol–water partition coefficient (Wildman–Crippen LogP) is 2.88. The lowest BCUT2D eigenvalue weighted by molar-refractivity contribution is 0.394. The Kier molecular flexibility index (Phi) is 4.35. The summed E-state index contributed by atoms with van der Waals surface area (Å²) in [5.74, 6) is 1.06. The topological polar surface area (TPSA) is 21.3 Å². The standard InChI is InChI=1S/C14H21NOS/c1-4-15-10-5-6-11-12(9-10)13(16-2)7-8-14(11)17-3/h7-8,10,15H,4-6,9H2,1-3H3. The van der Waals surface area contributed by atoms with E-state index in [1.165, 1.54) is 28.9 Å². The molecule has 2 nitrogen and oxygen atoms in total. The van der Waals surface area contributed by atoms with Gasteiger partial charge in [0.25, 0.3) is 0 Å². The van der Waals surface area contributed by atoms with Crippen LogP contribution in [0.3, 0.4) is 0 Å². The molecule has 0 aromatic heterocycles. The zero-order valence-corrected chi connectivity index (χ0v) is 11.7. The fourth-order valence-corrected chi connectivity index (χ4v) is 3.34. The van der Waals surface area contributed by atoms with Crippen LogP contribution in [0.15, 0.2) is 17.0 Å². The van der Waals surface area contributed by atoms with Gasteiger partial charge in [-0.3, -0.25) is 0 Å². The Bertz CT molecular complexity index is 392. The Morgan fingerprint density at radius 2 is 2.24 bits per heavy atom. The maximum Gasteiger partial charge on any atom is 0.122 e. The summed E-state index contributed by atoms with van der Waals surface area (Å²) >= 11 is 1.84. The molecule has 2 rings (SSSR count). The van der Waals surface area contributed by atoms with Crippen LogP contribution in [0.2, 0.25) is 0 Å². The minimum absolute atomic E-state index is 0.610. The second-order valence-corrected chi connectivity index (χ2v) is 5.27. The first kappa shape index (κ1) is 12.8. The molecule has 0 amide bonds. The summed E-state index contributed by atoms with van der Waals surface area (Å²) in [6.07, 6.45) is 5.65. The van der Waals surface area contributed by atoms with Crippen LogP contribution in [0, 0.1) is 0 Å². The van der Waals surface area contributed by atoms with Gasteiger partial charge < -0.3 is 10.1 Å². The molecule has 0 aliphatic heterocycles. The average Bonchev–Trinajstić information content (AvgIpc) is 2.37. The lowest BCUT2D eigenvalue weighted by Gasteiger charge is -2.28. The molecule has 0 bridgehead atoms. The fraction of sp³-hybridized carbons (Fsp3) is 0.571. The van der Waals surface area contributed by atoms with Gasteiger partial charge in [0.1, 0.15) is 5.75 Å². The van der Waals surface area contributed by atoms with Gasteiger partial charge in [0.2, 0.25) is 0 Å². The minimum Gasteiger partial charge on any atom is -0.496 e. The highest BCUT2D eigenvalue weighted by Gasteiger charge is 2.23. The lowest BCUT2D eigenvalue weighted by Crippen LogP contribution is -2.34. The molecule has 17 heavy (non-hydrogen) atoms. The molecule has 1 aliphatic carbocycles. The summed E-state index contributed by atoms with van der Waals surface area (Å²) < 4.78 is 5.50. The molecule has 1 aliphatic rings. The van der Waals surface area contributed by atoms with Crippen LogP contribution >= 0.6 is 11.8 Å². The van der Waals surface area contributed by atoms with Gasteiger partial charge in [-0.2, -0.15) is 0 Å². The molecule has 94 valence electrons. The van der Waals surface area contributed by atoms with E-state index in [0.29, 0.717) is 6.04 Å². The average molecular weight is 251 g/mol. The van der Waals surface area contributed by atoms with Crippen molar-refractivity contribution < 1.29 is 4.74 Å². The highest BCUT2D eigenvalue weighted by atomic mass is 32.2. The third-order valence-electron chi connectivity index (χ3n) is 3.47. The maximum atomic E-state index is 5.50. The molecule has 1 atom stereocenters. The van der Waals surface area contributed by atoms with Gasteiger partial charge in [-0.05, 0) is 55.3 Å². The van der Waals surface area contributed by atoms with Crippen molar-refractivity contribution in [2.24, 2.45) is 0 Å². The lowest BCUT2D eigenvalue weighted by atomic mass is 9.87. The van der Waals surface area contributed by atoms with E-state index in [0.717, 1.165) is 18.7 Å². The maximum absolute atomic E-state index is 5.50. The zero-order chi connectivity index (χ0) is 12.3. The Hall–Kier alpha value is -0.670. The summed E-state index contributed by atoms with van der Waals surface area (Å²) in [6, 6.07) is 4.91. The predicted molar refractivity (Wildman–Crippen MR) is 74.3 cm³/mol. The Morgan fingerprint density at radius 3 is 2.88 bits per heavy atom. The van der Waals surface area contributed by atoms with E-state index in [2.05, 4.69) is 30.6 Å². The van der Waals surface area contributed by atoms with Crippen molar-refractivity contribution in [3.05, 3.63) is 23.3 Å². The summed E-state index contributed by atoms with van der Waals surface area (Å²) in [6.45, 7) is 3.22. The highest BCUT2D eigenvalue weighted by Crippen LogP contribution is 2.35. The van der Waals surface area contributed by atoms with Crippen molar-refractivity contribution in [3.8, 4) is 5.75 Å². The quantitative estimate of drug-likeness (QED) is 0.831. The summed E-state index contributed by atoms with van der Waals surface area (Å²) in [5, 5.41) is 3.55. The van der Waals surface area contributed by atoms with Crippen LogP contribution in [0.25, 0.3) is 0 Å². The Morgan fingerprint density at radius 1 is 1.41 bits per heavy atom. The van der Waals surface area contributed by atoms with E-state index >= 15 is 0 Å². The normalized spacial score (nSPS) is 18.9. The first-order chi connectivity index (χ1) is 8.30. The van der Waals surface area contributed by atoms with Crippen LogP contribution in [0.1, 0.15) is 24.5 Å². The molecule has 1 unspecified atom stereocenters. The molecule has 0 saturated carbocycles. The molecule has 0 spiro atoms. The number of hydrogen-bond acceptors (Lipinski definition) is 3. The van der Waals surface area contributed by atoms with E-state index < -0.39 is 0 Å². The number of benzene rings is 1. The van der Waals surface area contributed by atoms with E-state index in [1.807, 2.05) is 11.8 Å². The molecule has 1 aromatic carbocycles. The number of thioether (sulfide) groups is 1. The molecule has 3 heteroatoms. The summed E-state index contributed by atoms with van der Waals surface area (Å²) in [4.78, 5) is 1.41.